The molecule has 1 unspecified atom stereocenters. The third-order valence-corrected chi connectivity index (χ3v) is 4.06. The first-order chi connectivity index (χ1) is 9.85. The Kier molecular flexibility index (Phi) is 4.86. The lowest BCUT2D eigenvalue weighted by atomic mass is 9.79. The molecule has 0 aromatic heterocycles. The third-order valence-electron chi connectivity index (χ3n) is 4.06. The third kappa shape index (κ3) is 3.54. The topological polar surface area (TPSA) is 12.0 Å². The number of benzene rings is 1. The van der Waals surface area contributed by atoms with Crippen LogP contribution in [0.3, 0.4) is 0 Å². The van der Waals surface area contributed by atoms with E-state index in [2.05, 4.69) is 5.32 Å². The molecule has 2 rings (SSSR count). The first-order valence-electron chi connectivity index (χ1n) is 7.10. The summed E-state index contributed by atoms with van der Waals surface area (Å²) in [6, 6.07) is 1.48. The maximum absolute atomic E-state index is 13.9. The van der Waals surface area contributed by atoms with Gasteiger partial charge in [-0.1, -0.05) is 13.0 Å². The Bertz CT molecular complexity index is 493. The summed E-state index contributed by atoms with van der Waals surface area (Å²) in [5, 5.41) is 3.01. The van der Waals surface area contributed by atoms with Crippen molar-refractivity contribution in [2.45, 2.75) is 44.6 Å². The minimum Gasteiger partial charge on any atom is -0.310 e. The maximum Gasteiger partial charge on any atom is 0.248 e. The van der Waals surface area contributed by atoms with E-state index >= 15 is 0 Å². The predicted octanol–water partition coefficient (Wildman–Crippen LogP) is 4.58. The smallest absolute Gasteiger partial charge is 0.248 e. The summed E-state index contributed by atoms with van der Waals surface area (Å²) in [6.07, 6.45) is -0.0675. The number of hydrogen-bond donors (Lipinski definition) is 1. The fourth-order valence-corrected chi connectivity index (χ4v) is 2.93. The molecule has 118 valence electrons. The van der Waals surface area contributed by atoms with Crippen molar-refractivity contribution in [1.29, 1.82) is 0 Å². The summed E-state index contributed by atoms with van der Waals surface area (Å²) in [5.41, 5.74) is 0.00552. The van der Waals surface area contributed by atoms with Gasteiger partial charge in [-0.3, -0.25) is 0 Å². The van der Waals surface area contributed by atoms with Crippen LogP contribution in [0.4, 0.5) is 22.0 Å². The van der Waals surface area contributed by atoms with Gasteiger partial charge in [-0.25, -0.2) is 22.0 Å². The SMILES string of the molecule is CCNC(c1ccc(F)c(F)c1F)C1CCC(F)(F)CC1. The van der Waals surface area contributed by atoms with Gasteiger partial charge < -0.3 is 5.32 Å². The molecule has 0 saturated heterocycles. The Morgan fingerprint density at radius 2 is 1.76 bits per heavy atom. The Morgan fingerprint density at radius 3 is 2.33 bits per heavy atom. The lowest BCUT2D eigenvalue weighted by Crippen LogP contribution is -2.34. The second-order valence-electron chi connectivity index (χ2n) is 5.49. The highest BCUT2D eigenvalue weighted by Gasteiger charge is 2.38. The highest BCUT2D eigenvalue weighted by atomic mass is 19.3. The molecule has 1 nitrogen and oxygen atoms in total. The van der Waals surface area contributed by atoms with Crippen molar-refractivity contribution in [2.75, 3.05) is 6.54 Å². The quantitative estimate of drug-likeness (QED) is 0.634. The minimum absolute atomic E-state index is 0.00552. The van der Waals surface area contributed by atoms with Crippen molar-refractivity contribution in [3.63, 3.8) is 0 Å². The second-order valence-corrected chi connectivity index (χ2v) is 5.49. The Morgan fingerprint density at radius 1 is 1.14 bits per heavy atom. The van der Waals surface area contributed by atoms with Gasteiger partial charge in [0.05, 0.1) is 0 Å². The number of halogens is 5. The summed E-state index contributed by atoms with van der Waals surface area (Å²) in [5.74, 6) is -6.90. The molecular formula is C15H18F5N. The van der Waals surface area contributed by atoms with Gasteiger partial charge in [0.25, 0.3) is 0 Å². The summed E-state index contributed by atoms with van der Waals surface area (Å²) < 4.78 is 66.8. The van der Waals surface area contributed by atoms with Crippen LogP contribution in [0.1, 0.15) is 44.2 Å². The fourth-order valence-electron chi connectivity index (χ4n) is 2.93. The van der Waals surface area contributed by atoms with Crippen molar-refractivity contribution >= 4 is 0 Å². The number of hydrogen-bond acceptors (Lipinski definition) is 1. The predicted molar refractivity (Wildman–Crippen MR) is 69.6 cm³/mol. The average Bonchev–Trinajstić information content (AvgIpc) is 2.44. The Balaban J connectivity index is 2.26. The van der Waals surface area contributed by atoms with Gasteiger partial charge in [-0.05, 0) is 31.4 Å². The van der Waals surface area contributed by atoms with E-state index in [1.807, 2.05) is 0 Å². The Hall–Kier alpha value is -1.17. The molecule has 0 aliphatic heterocycles. The lowest BCUT2D eigenvalue weighted by Gasteiger charge is -2.34. The van der Waals surface area contributed by atoms with Crippen LogP contribution in [0.5, 0.6) is 0 Å². The molecule has 6 heteroatoms. The van der Waals surface area contributed by atoms with Crippen LogP contribution < -0.4 is 5.32 Å². The van der Waals surface area contributed by atoms with Crippen molar-refractivity contribution in [1.82, 2.24) is 5.32 Å². The van der Waals surface area contributed by atoms with Crippen LogP contribution in [0.15, 0.2) is 12.1 Å². The van der Waals surface area contributed by atoms with Gasteiger partial charge in [-0.15, -0.1) is 0 Å². The molecule has 0 bridgehead atoms. The van der Waals surface area contributed by atoms with Crippen LogP contribution in [0.25, 0.3) is 0 Å². The zero-order valence-corrected chi connectivity index (χ0v) is 11.7. The molecule has 1 fully saturated rings. The van der Waals surface area contributed by atoms with Crippen LogP contribution in [-0.2, 0) is 0 Å². The van der Waals surface area contributed by atoms with Gasteiger partial charge in [0.1, 0.15) is 0 Å². The van der Waals surface area contributed by atoms with E-state index in [1.165, 1.54) is 6.07 Å². The van der Waals surface area contributed by atoms with Gasteiger partial charge in [-0.2, -0.15) is 0 Å². The van der Waals surface area contributed by atoms with Gasteiger partial charge in [0, 0.05) is 24.4 Å². The lowest BCUT2D eigenvalue weighted by molar-refractivity contribution is -0.0498. The molecule has 0 radical (unpaired) electrons. The molecule has 1 aromatic carbocycles. The van der Waals surface area contributed by atoms with E-state index in [4.69, 9.17) is 0 Å². The van der Waals surface area contributed by atoms with Crippen LogP contribution in [0, 0.1) is 23.4 Å². The zero-order chi connectivity index (χ0) is 15.6. The van der Waals surface area contributed by atoms with E-state index in [0.29, 0.717) is 6.54 Å². The second kappa shape index (κ2) is 6.30. The molecule has 1 atom stereocenters. The molecule has 0 spiro atoms. The molecule has 0 heterocycles. The maximum atomic E-state index is 13.9. The fraction of sp³-hybridized carbons (Fsp3) is 0.600. The molecule has 1 saturated carbocycles. The van der Waals surface area contributed by atoms with Crippen molar-refractivity contribution in [3.05, 3.63) is 35.1 Å². The van der Waals surface area contributed by atoms with E-state index in [1.54, 1.807) is 6.92 Å². The summed E-state index contributed by atoms with van der Waals surface area (Å²) in [4.78, 5) is 0. The molecule has 1 aliphatic carbocycles. The molecular weight excluding hydrogens is 289 g/mol. The molecule has 1 aliphatic rings. The summed E-state index contributed by atoms with van der Waals surface area (Å²) >= 11 is 0. The Labute approximate surface area is 120 Å². The van der Waals surface area contributed by atoms with Crippen LogP contribution in [0.2, 0.25) is 0 Å². The van der Waals surface area contributed by atoms with E-state index in [0.717, 1.165) is 6.07 Å². The molecule has 1 aromatic rings. The number of nitrogens with one attached hydrogen (secondary N) is 1. The highest BCUT2D eigenvalue weighted by Crippen LogP contribution is 2.42. The number of alkyl halides is 2. The highest BCUT2D eigenvalue weighted by molar-refractivity contribution is 5.24. The van der Waals surface area contributed by atoms with Gasteiger partial charge in [0.2, 0.25) is 5.92 Å². The van der Waals surface area contributed by atoms with Crippen LogP contribution >= 0.6 is 0 Å². The first kappa shape index (κ1) is 16.2. The summed E-state index contributed by atoms with van der Waals surface area (Å²) in [7, 11) is 0. The molecule has 0 amide bonds. The van der Waals surface area contributed by atoms with E-state index < -0.39 is 29.4 Å². The van der Waals surface area contributed by atoms with Crippen molar-refractivity contribution < 1.29 is 22.0 Å². The molecule has 21 heavy (non-hydrogen) atoms. The molecule has 1 N–H and O–H groups in total. The van der Waals surface area contributed by atoms with Crippen LogP contribution in [-0.4, -0.2) is 12.5 Å². The van der Waals surface area contributed by atoms with Crippen molar-refractivity contribution in [3.8, 4) is 0 Å². The monoisotopic (exact) mass is 307 g/mol. The van der Waals surface area contributed by atoms with Gasteiger partial charge >= 0.3 is 0 Å². The number of rotatable bonds is 4. The van der Waals surface area contributed by atoms with Gasteiger partial charge in [0.15, 0.2) is 17.5 Å². The largest absolute Gasteiger partial charge is 0.310 e. The van der Waals surface area contributed by atoms with E-state index in [-0.39, 0.29) is 37.2 Å². The normalized spacial score (nSPS) is 20.5. The van der Waals surface area contributed by atoms with E-state index in [9.17, 15) is 22.0 Å². The van der Waals surface area contributed by atoms with Crippen molar-refractivity contribution in [2.24, 2.45) is 5.92 Å². The average molecular weight is 307 g/mol. The minimum atomic E-state index is -2.68. The zero-order valence-electron chi connectivity index (χ0n) is 11.7. The standard InChI is InChI=1S/C15H18F5N/c1-2-21-14(9-5-7-15(19,20)8-6-9)10-3-4-11(16)13(18)12(10)17/h3-4,9,14,21H,2,5-8H2,1H3. The first-order valence-corrected chi connectivity index (χ1v) is 7.10. The summed E-state index contributed by atoms with van der Waals surface area (Å²) in [6.45, 7) is 2.28.